The maximum Gasteiger partial charge on any atom is 0.254 e. The monoisotopic (exact) mass is 438 g/mol. The third-order valence-electron chi connectivity index (χ3n) is 4.68. The van der Waals surface area contributed by atoms with Crippen molar-refractivity contribution in [3.8, 4) is 11.5 Å². The van der Waals surface area contributed by atoms with Crippen LogP contribution >= 0.6 is 15.9 Å². The van der Waals surface area contributed by atoms with E-state index in [0.29, 0.717) is 29.2 Å². The van der Waals surface area contributed by atoms with Crippen LogP contribution in [0.4, 0.5) is 0 Å². The van der Waals surface area contributed by atoms with Gasteiger partial charge in [0.05, 0.1) is 22.9 Å². The summed E-state index contributed by atoms with van der Waals surface area (Å²) in [5.74, 6) is 0.523. The van der Waals surface area contributed by atoms with Crippen LogP contribution in [-0.4, -0.2) is 32.6 Å². The average molecular weight is 439 g/mol. The van der Waals surface area contributed by atoms with Gasteiger partial charge in [-0.25, -0.2) is 4.98 Å². The van der Waals surface area contributed by atoms with Crippen LogP contribution in [0, 0.1) is 6.92 Å². The number of hydrogen-bond donors (Lipinski definition) is 0. The number of amides is 1. The quantitative estimate of drug-likeness (QED) is 0.467. The molecule has 1 aromatic carbocycles. The summed E-state index contributed by atoms with van der Waals surface area (Å²) >= 11 is 3.55. The number of carbonyl (C=O) groups excluding carboxylic acids is 1. The standard InChI is InChI=1S/C21H19BrN4O2/c1-13-19-15(21(27)25(2)12-14-7-4-5-8-16(14)22)11-17(18-9-6-10-28-18)23-20(19)26(3)24-13/h4-11H,12H2,1-3H3. The first-order chi connectivity index (χ1) is 13.5. The van der Waals surface area contributed by atoms with Crippen LogP contribution in [0.1, 0.15) is 21.6 Å². The summed E-state index contributed by atoms with van der Waals surface area (Å²) in [7, 11) is 3.62. The Balaban J connectivity index is 1.80. The predicted octanol–water partition coefficient (Wildman–Crippen LogP) is 4.57. The van der Waals surface area contributed by atoms with E-state index in [9.17, 15) is 4.79 Å². The van der Waals surface area contributed by atoms with E-state index >= 15 is 0 Å². The highest BCUT2D eigenvalue weighted by molar-refractivity contribution is 9.10. The van der Waals surface area contributed by atoms with Crippen molar-refractivity contribution in [2.75, 3.05) is 7.05 Å². The van der Waals surface area contributed by atoms with Crippen molar-refractivity contribution >= 4 is 32.9 Å². The van der Waals surface area contributed by atoms with Crippen LogP contribution in [0.2, 0.25) is 0 Å². The molecule has 0 bridgehead atoms. The molecule has 0 N–H and O–H groups in total. The van der Waals surface area contributed by atoms with Crippen molar-refractivity contribution in [2.24, 2.45) is 7.05 Å². The molecule has 28 heavy (non-hydrogen) atoms. The molecular weight excluding hydrogens is 420 g/mol. The van der Waals surface area contributed by atoms with Crippen LogP contribution in [-0.2, 0) is 13.6 Å². The van der Waals surface area contributed by atoms with Gasteiger partial charge in [0.2, 0.25) is 0 Å². The number of rotatable bonds is 4. The minimum atomic E-state index is -0.0907. The van der Waals surface area contributed by atoms with Crippen LogP contribution < -0.4 is 0 Å². The molecule has 4 aromatic rings. The third-order valence-corrected chi connectivity index (χ3v) is 5.46. The Hall–Kier alpha value is -2.93. The van der Waals surface area contributed by atoms with E-state index in [4.69, 9.17) is 4.42 Å². The lowest BCUT2D eigenvalue weighted by molar-refractivity contribution is 0.0786. The molecule has 142 valence electrons. The van der Waals surface area contributed by atoms with Crippen molar-refractivity contribution in [3.63, 3.8) is 0 Å². The molecule has 0 radical (unpaired) electrons. The first-order valence-electron chi connectivity index (χ1n) is 8.83. The van der Waals surface area contributed by atoms with Crippen molar-refractivity contribution in [1.82, 2.24) is 19.7 Å². The predicted molar refractivity (Wildman–Crippen MR) is 111 cm³/mol. The molecule has 4 rings (SSSR count). The van der Waals surface area contributed by atoms with Crippen molar-refractivity contribution in [2.45, 2.75) is 13.5 Å². The number of benzene rings is 1. The Labute approximate surface area is 170 Å². The first-order valence-corrected chi connectivity index (χ1v) is 9.62. The average Bonchev–Trinajstić information content (AvgIpc) is 3.31. The minimum absolute atomic E-state index is 0.0907. The molecule has 6 nitrogen and oxygen atoms in total. The molecule has 0 saturated carbocycles. The van der Waals surface area contributed by atoms with E-state index in [1.54, 1.807) is 35.0 Å². The number of aromatic nitrogens is 3. The third kappa shape index (κ3) is 3.22. The zero-order chi connectivity index (χ0) is 19.8. The Morgan fingerprint density at radius 3 is 2.75 bits per heavy atom. The number of hydrogen-bond acceptors (Lipinski definition) is 4. The van der Waals surface area contributed by atoms with Gasteiger partial charge in [-0.2, -0.15) is 5.10 Å². The molecule has 0 aliphatic carbocycles. The van der Waals surface area contributed by atoms with Crippen LogP contribution in [0.15, 0.2) is 57.6 Å². The van der Waals surface area contributed by atoms with Gasteiger partial charge in [0.15, 0.2) is 11.4 Å². The Bertz CT molecular complexity index is 1160. The maximum atomic E-state index is 13.4. The highest BCUT2D eigenvalue weighted by atomic mass is 79.9. The lowest BCUT2D eigenvalue weighted by atomic mass is 10.1. The molecular formula is C21H19BrN4O2. The van der Waals surface area contributed by atoms with Gasteiger partial charge >= 0.3 is 0 Å². The van der Waals surface area contributed by atoms with Crippen LogP contribution in [0.3, 0.4) is 0 Å². The molecule has 0 aliphatic rings. The fourth-order valence-corrected chi connectivity index (χ4v) is 3.73. The van der Waals surface area contributed by atoms with Gasteiger partial charge in [0.25, 0.3) is 5.91 Å². The SMILES string of the molecule is Cc1nn(C)c2nc(-c3ccco3)cc(C(=O)N(C)Cc3ccccc3Br)c12. The number of furan rings is 1. The van der Waals surface area contributed by atoms with E-state index in [2.05, 4.69) is 26.0 Å². The minimum Gasteiger partial charge on any atom is -0.463 e. The molecule has 3 heterocycles. The normalized spacial score (nSPS) is 11.1. The van der Waals surface area contributed by atoms with Gasteiger partial charge in [-0.05, 0) is 36.8 Å². The van der Waals surface area contributed by atoms with Gasteiger partial charge < -0.3 is 9.32 Å². The number of halogens is 1. The second-order valence-corrected chi connectivity index (χ2v) is 7.55. The summed E-state index contributed by atoms with van der Waals surface area (Å²) in [6.45, 7) is 2.38. The van der Waals surface area contributed by atoms with E-state index in [1.165, 1.54) is 0 Å². The van der Waals surface area contributed by atoms with Gasteiger partial charge in [-0.15, -0.1) is 0 Å². The molecule has 7 heteroatoms. The van der Waals surface area contributed by atoms with Gasteiger partial charge in [-0.1, -0.05) is 34.1 Å². The second-order valence-electron chi connectivity index (χ2n) is 6.69. The molecule has 0 unspecified atom stereocenters. The maximum absolute atomic E-state index is 13.4. The van der Waals surface area contributed by atoms with E-state index in [-0.39, 0.29) is 5.91 Å². The summed E-state index contributed by atoms with van der Waals surface area (Å²) < 4.78 is 8.17. The molecule has 3 aromatic heterocycles. The zero-order valence-corrected chi connectivity index (χ0v) is 17.4. The Morgan fingerprint density at radius 1 is 1.25 bits per heavy atom. The summed E-state index contributed by atoms with van der Waals surface area (Å²) in [5, 5.41) is 5.22. The Kier molecular flexibility index (Phi) is 4.77. The van der Waals surface area contributed by atoms with Crippen molar-refractivity contribution < 1.29 is 9.21 Å². The van der Waals surface area contributed by atoms with Gasteiger partial charge in [0, 0.05) is 25.1 Å². The summed E-state index contributed by atoms with van der Waals surface area (Å²) in [5.41, 5.74) is 3.64. The largest absolute Gasteiger partial charge is 0.463 e. The fourth-order valence-electron chi connectivity index (χ4n) is 3.32. The molecule has 1 amide bonds. The topological polar surface area (TPSA) is 64.2 Å². The lowest BCUT2D eigenvalue weighted by Gasteiger charge is -2.19. The second kappa shape index (κ2) is 7.24. The van der Waals surface area contributed by atoms with Crippen molar-refractivity contribution in [1.29, 1.82) is 0 Å². The molecule has 0 saturated heterocycles. The lowest BCUT2D eigenvalue weighted by Crippen LogP contribution is -2.26. The number of pyridine rings is 1. The summed E-state index contributed by atoms with van der Waals surface area (Å²) in [4.78, 5) is 19.7. The summed E-state index contributed by atoms with van der Waals surface area (Å²) in [6, 6.07) is 13.3. The molecule has 0 spiro atoms. The highest BCUT2D eigenvalue weighted by Crippen LogP contribution is 2.28. The fraction of sp³-hybridized carbons (Fsp3) is 0.190. The highest BCUT2D eigenvalue weighted by Gasteiger charge is 2.22. The summed E-state index contributed by atoms with van der Waals surface area (Å²) in [6.07, 6.45) is 1.59. The van der Waals surface area contributed by atoms with Gasteiger partial charge in [0.1, 0.15) is 5.69 Å². The smallest absolute Gasteiger partial charge is 0.254 e. The van der Waals surface area contributed by atoms with Crippen molar-refractivity contribution in [3.05, 3.63) is 70.0 Å². The number of nitrogens with zero attached hydrogens (tertiary/aromatic N) is 4. The van der Waals surface area contributed by atoms with Crippen LogP contribution in [0.25, 0.3) is 22.5 Å². The zero-order valence-electron chi connectivity index (χ0n) is 15.8. The van der Waals surface area contributed by atoms with Crippen LogP contribution in [0.5, 0.6) is 0 Å². The van der Waals surface area contributed by atoms with Gasteiger partial charge in [-0.3, -0.25) is 9.48 Å². The number of fused-ring (bicyclic) bond motifs is 1. The molecule has 0 aliphatic heterocycles. The molecule has 0 fully saturated rings. The van der Waals surface area contributed by atoms with E-state index in [1.807, 2.05) is 44.3 Å². The number of aryl methyl sites for hydroxylation is 2. The molecule has 0 atom stereocenters. The Morgan fingerprint density at radius 2 is 2.04 bits per heavy atom. The first kappa shape index (κ1) is 18.4. The number of carbonyl (C=O) groups is 1. The van der Waals surface area contributed by atoms with E-state index in [0.717, 1.165) is 21.1 Å². The van der Waals surface area contributed by atoms with E-state index < -0.39 is 0 Å².